The molecule has 0 saturated heterocycles. The van der Waals surface area contributed by atoms with E-state index >= 15 is 0 Å². The third-order valence-electron chi connectivity index (χ3n) is 5.51. The molecule has 0 aliphatic carbocycles. The number of hydrogen-bond acceptors (Lipinski definition) is 4. The molecular weight excluding hydrogens is 378 g/mol. The number of carbonyl (C=O) groups excluding carboxylic acids is 1. The molecule has 0 bridgehead atoms. The van der Waals surface area contributed by atoms with E-state index in [-0.39, 0.29) is 11.9 Å². The Morgan fingerprint density at radius 1 is 1.00 bits per heavy atom. The number of rotatable bonds is 5. The minimum Gasteiger partial charge on any atom is -0.493 e. The summed E-state index contributed by atoms with van der Waals surface area (Å²) in [7, 11) is 3.27. The van der Waals surface area contributed by atoms with Crippen LogP contribution in [0.5, 0.6) is 17.2 Å². The van der Waals surface area contributed by atoms with Gasteiger partial charge in [-0.05, 0) is 66.8 Å². The molecule has 0 N–H and O–H groups in total. The second-order valence-electron chi connectivity index (χ2n) is 9.05. The third-order valence-corrected chi connectivity index (χ3v) is 5.51. The summed E-state index contributed by atoms with van der Waals surface area (Å²) in [6, 6.07) is 10.0. The van der Waals surface area contributed by atoms with E-state index in [0.29, 0.717) is 24.7 Å². The lowest BCUT2D eigenvalue weighted by atomic mass is 9.88. The van der Waals surface area contributed by atoms with E-state index in [9.17, 15) is 4.79 Å². The van der Waals surface area contributed by atoms with Crippen LogP contribution in [-0.4, -0.2) is 38.2 Å². The van der Waals surface area contributed by atoms with Crippen molar-refractivity contribution in [1.82, 2.24) is 4.90 Å². The molecule has 0 spiro atoms. The average Bonchev–Trinajstić information content (AvgIpc) is 2.68. The maximum absolute atomic E-state index is 13.3. The molecule has 1 heterocycles. The molecule has 0 radical (unpaired) electrons. The Labute approximate surface area is 179 Å². The Hall–Kier alpha value is -2.69. The van der Waals surface area contributed by atoms with Crippen LogP contribution in [0.25, 0.3) is 0 Å². The predicted molar refractivity (Wildman–Crippen MR) is 119 cm³/mol. The van der Waals surface area contributed by atoms with Gasteiger partial charge in [0, 0.05) is 12.0 Å². The van der Waals surface area contributed by atoms with Gasteiger partial charge < -0.3 is 19.1 Å². The van der Waals surface area contributed by atoms with Gasteiger partial charge in [-0.2, -0.15) is 0 Å². The van der Waals surface area contributed by atoms with Crippen molar-refractivity contribution in [2.45, 2.75) is 47.1 Å². The van der Waals surface area contributed by atoms with Crippen LogP contribution in [0.15, 0.2) is 30.3 Å². The van der Waals surface area contributed by atoms with Gasteiger partial charge in [0.1, 0.15) is 12.4 Å². The molecule has 2 aromatic rings. The monoisotopic (exact) mass is 411 g/mol. The van der Waals surface area contributed by atoms with Crippen LogP contribution in [0, 0.1) is 19.3 Å². The molecule has 0 aromatic heterocycles. The van der Waals surface area contributed by atoms with Crippen molar-refractivity contribution < 1.29 is 19.0 Å². The van der Waals surface area contributed by atoms with Gasteiger partial charge in [-0.25, -0.2) is 0 Å². The van der Waals surface area contributed by atoms with Crippen molar-refractivity contribution in [3.63, 3.8) is 0 Å². The Morgan fingerprint density at radius 2 is 1.60 bits per heavy atom. The molecule has 0 unspecified atom stereocenters. The number of aryl methyl sites for hydroxylation is 2. The summed E-state index contributed by atoms with van der Waals surface area (Å²) < 4.78 is 17.2. The van der Waals surface area contributed by atoms with Crippen molar-refractivity contribution in [3.05, 3.63) is 52.6 Å². The van der Waals surface area contributed by atoms with Crippen LogP contribution in [-0.2, 0) is 11.2 Å². The molecular formula is C25H33NO4. The Bertz CT molecular complexity index is 909. The van der Waals surface area contributed by atoms with Crippen LogP contribution in [0.1, 0.15) is 49.1 Å². The van der Waals surface area contributed by atoms with E-state index in [4.69, 9.17) is 14.2 Å². The van der Waals surface area contributed by atoms with E-state index in [0.717, 1.165) is 28.9 Å². The van der Waals surface area contributed by atoms with Crippen molar-refractivity contribution >= 4 is 5.91 Å². The first kappa shape index (κ1) is 22.0. The number of fused-ring (bicyclic) bond motifs is 1. The van der Waals surface area contributed by atoms with Gasteiger partial charge in [0.05, 0.1) is 20.3 Å². The smallest absolute Gasteiger partial charge is 0.228 e. The first-order valence-corrected chi connectivity index (χ1v) is 10.4. The second kappa shape index (κ2) is 8.58. The minimum absolute atomic E-state index is 0.122. The van der Waals surface area contributed by atoms with Gasteiger partial charge in [-0.15, -0.1) is 0 Å². The molecule has 1 amide bonds. The molecule has 0 saturated carbocycles. The highest BCUT2D eigenvalue weighted by atomic mass is 16.5. The predicted octanol–water partition coefficient (Wildman–Crippen LogP) is 4.87. The van der Waals surface area contributed by atoms with Crippen LogP contribution in [0.4, 0.5) is 0 Å². The van der Waals surface area contributed by atoms with Crippen molar-refractivity contribution in [1.29, 1.82) is 0 Å². The first-order valence-electron chi connectivity index (χ1n) is 10.4. The number of carbonyl (C=O) groups is 1. The largest absolute Gasteiger partial charge is 0.493 e. The van der Waals surface area contributed by atoms with E-state index < -0.39 is 5.41 Å². The number of hydrogen-bond donors (Lipinski definition) is 0. The van der Waals surface area contributed by atoms with Crippen LogP contribution in [0.3, 0.4) is 0 Å². The van der Waals surface area contributed by atoms with Crippen molar-refractivity contribution in [2.75, 3.05) is 27.4 Å². The quantitative estimate of drug-likeness (QED) is 0.704. The summed E-state index contributed by atoms with van der Waals surface area (Å²) in [4.78, 5) is 15.2. The van der Waals surface area contributed by atoms with Crippen LogP contribution >= 0.6 is 0 Å². The molecule has 1 aliphatic rings. The molecule has 162 valence electrons. The summed E-state index contributed by atoms with van der Waals surface area (Å²) in [6.07, 6.45) is 0.775. The fourth-order valence-corrected chi connectivity index (χ4v) is 4.07. The maximum Gasteiger partial charge on any atom is 0.228 e. The van der Waals surface area contributed by atoms with E-state index in [1.165, 1.54) is 5.56 Å². The Kier molecular flexibility index (Phi) is 6.30. The van der Waals surface area contributed by atoms with Crippen molar-refractivity contribution in [2.24, 2.45) is 5.41 Å². The number of benzene rings is 2. The highest BCUT2D eigenvalue weighted by Crippen LogP contribution is 2.39. The third kappa shape index (κ3) is 4.55. The van der Waals surface area contributed by atoms with Gasteiger partial charge >= 0.3 is 0 Å². The highest BCUT2D eigenvalue weighted by Gasteiger charge is 2.37. The van der Waals surface area contributed by atoms with E-state index in [2.05, 4.69) is 19.9 Å². The van der Waals surface area contributed by atoms with Gasteiger partial charge in [-0.3, -0.25) is 4.79 Å². The van der Waals surface area contributed by atoms with E-state index in [1.807, 2.05) is 49.9 Å². The highest BCUT2D eigenvalue weighted by molar-refractivity contribution is 5.82. The lowest BCUT2D eigenvalue weighted by Gasteiger charge is -2.40. The molecule has 5 nitrogen and oxygen atoms in total. The Morgan fingerprint density at radius 3 is 2.17 bits per heavy atom. The lowest BCUT2D eigenvalue weighted by molar-refractivity contribution is -0.143. The molecule has 1 atom stereocenters. The second-order valence-corrected chi connectivity index (χ2v) is 9.05. The minimum atomic E-state index is -0.466. The normalized spacial score (nSPS) is 16.1. The molecule has 30 heavy (non-hydrogen) atoms. The van der Waals surface area contributed by atoms with Gasteiger partial charge in [0.15, 0.2) is 11.5 Å². The zero-order valence-electron chi connectivity index (χ0n) is 19.2. The summed E-state index contributed by atoms with van der Waals surface area (Å²) in [5, 5.41) is 0. The SMILES string of the molecule is COc1cc2c(cc1OC)[C@@H](COc1cc(C)cc(C)c1)N(C(=O)C(C)(C)C)CC2. The summed E-state index contributed by atoms with van der Waals surface area (Å²) in [5.74, 6) is 2.32. The topological polar surface area (TPSA) is 48.0 Å². The van der Waals surface area contributed by atoms with Gasteiger partial charge in [0.2, 0.25) is 5.91 Å². The molecule has 3 rings (SSSR count). The van der Waals surface area contributed by atoms with Gasteiger partial charge in [0.25, 0.3) is 0 Å². The summed E-state index contributed by atoms with van der Waals surface area (Å²) in [5.41, 5.74) is 4.07. The zero-order valence-corrected chi connectivity index (χ0v) is 19.2. The fraction of sp³-hybridized carbons (Fsp3) is 0.480. The van der Waals surface area contributed by atoms with Crippen molar-refractivity contribution in [3.8, 4) is 17.2 Å². The number of methoxy groups -OCH3 is 2. The molecule has 0 fully saturated rings. The number of ether oxygens (including phenoxy) is 3. The number of amides is 1. The average molecular weight is 412 g/mol. The van der Waals surface area contributed by atoms with Crippen LogP contribution in [0.2, 0.25) is 0 Å². The first-order chi connectivity index (χ1) is 14.1. The number of nitrogens with zero attached hydrogens (tertiary/aromatic N) is 1. The lowest BCUT2D eigenvalue weighted by Crippen LogP contribution is -2.47. The fourth-order valence-electron chi connectivity index (χ4n) is 4.07. The van der Waals surface area contributed by atoms with Gasteiger partial charge in [-0.1, -0.05) is 26.8 Å². The Balaban J connectivity index is 1.99. The summed E-state index contributed by atoms with van der Waals surface area (Å²) in [6.45, 7) is 11.0. The van der Waals surface area contributed by atoms with Crippen LogP contribution < -0.4 is 14.2 Å². The zero-order chi connectivity index (χ0) is 22.1. The maximum atomic E-state index is 13.3. The summed E-state index contributed by atoms with van der Waals surface area (Å²) >= 11 is 0. The van der Waals surface area contributed by atoms with E-state index in [1.54, 1.807) is 14.2 Å². The standard InChI is InChI=1S/C25H33NO4/c1-16-10-17(2)12-19(11-16)30-15-21-20-14-23(29-7)22(28-6)13-18(20)8-9-26(21)24(27)25(3,4)5/h10-14,21H,8-9,15H2,1-7H3/t21-/m1/s1. The molecule has 2 aromatic carbocycles. The molecule has 5 heteroatoms. The molecule has 1 aliphatic heterocycles.